The van der Waals surface area contributed by atoms with Crippen LogP contribution in [0.1, 0.15) is 51.0 Å². The van der Waals surface area contributed by atoms with Crippen LogP contribution in [0.2, 0.25) is 0 Å². The highest BCUT2D eigenvalue weighted by molar-refractivity contribution is 5.49. The Labute approximate surface area is 122 Å². The van der Waals surface area contributed by atoms with Crippen LogP contribution >= 0.6 is 0 Å². The zero-order valence-electron chi connectivity index (χ0n) is 12.7. The van der Waals surface area contributed by atoms with Crippen molar-refractivity contribution < 1.29 is 0 Å². The third kappa shape index (κ3) is 1.96. The summed E-state index contributed by atoms with van der Waals surface area (Å²) in [5.74, 6) is 3.09. The van der Waals surface area contributed by atoms with Gasteiger partial charge < -0.3 is 5.32 Å². The SMILES string of the molecule is Cc1cnccc1NC(C)C12CC3CC(CC(C3)C1)C2. The van der Waals surface area contributed by atoms with Gasteiger partial charge in [-0.15, -0.1) is 0 Å². The average molecular weight is 270 g/mol. The molecular formula is C18H26N2. The van der Waals surface area contributed by atoms with Crippen molar-refractivity contribution in [2.45, 2.75) is 58.4 Å². The van der Waals surface area contributed by atoms with Gasteiger partial charge in [-0.05, 0) is 87.2 Å². The number of hydrogen-bond acceptors (Lipinski definition) is 2. The van der Waals surface area contributed by atoms with Gasteiger partial charge in [0.15, 0.2) is 0 Å². The molecule has 0 radical (unpaired) electrons. The monoisotopic (exact) mass is 270 g/mol. The summed E-state index contributed by atoms with van der Waals surface area (Å²) in [7, 11) is 0. The van der Waals surface area contributed by atoms with Gasteiger partial charge in [0.1, 0.15) is 0 Å². The number of rotatable bonds is 3. The predicted octanol–water partition coefficient (Wildman–Crippen LogP) is 4.41. The highest BCUT2D eigenvalue weighted by Crippen LogP contribution is 2.61. The van der Waals surface area contributed by atoms with Gasteiger partial charge in [0.25, 0.3) is 0 Å². The molecule has 4 bridgehead atoms. The molecule has 20 heavy (non-hydrogen) atoms. The van der Waals surface area contributed by atoms with Gasteiger partial charge in [-0.1, -0.05) is 0 Å². The molecule has 4 aliphatic carbocycles. The van der Waals surface area contributed by atoms with Crippen molar-refractivity contribution in [3.8, 4) is 0 Å². The Hall–Kier alpha value is -1.05. The second-order valence-electron chi connectivity index (χ2n) is 7.84. The molecule has 2 nitrogen and oxygen atoms in total. The van der Waals surface area contributed by atoms with Crippen LogP contribution in [-0.4, -0.2) is 11.0 Å². The molecule has 0 amide bonds. The van der Waals surface area contributed by atoms with Crippen LogP contribution in [-0.2, 0) is 0 Å². The quantitative estimate of drug-likeness (QED) is 0.880. The third-order valence-corrected chi connectivity index (χ3v) is 6.40. The molecule has 1 aromatic heterocycles. The van der Waals surface area contributed by atoms with Gasteiger partial charge in [-0.2, -0.15) is 0 Å². The zero-order chi connectivity index (χ0) is 13.7. The summed E-state index contributed by atoms with van der Waals surface area (Å²) >= 11 is 0. The Morgan fingerprint density at radius 2 is 1.75 bits per heavy atom. The van der Waals surface area contributed by atoms with Crippen molar-refractivity contribution in [2.75, 3.05) is 5.32 Å². The smallest absolute Gasteiger partial charge is 0.0403 e. The lowest BCUT2D eigenvalue weighted by Gasteiger charge is -2.59. The van der Waals surface area contributed by atoms with Crippen LogP contribution in [0.15, 0.2) is 18.5 Å². The number of anilines is 1. The summed E-state index contributed by atoms with van der Waals surface area (Å²) in [5, 5.41) is 3.83. The van der Waals surface area contributed by atoms with E-state index >= 15 is 0 Å². The van der Waals surface area contributed by atoms with Crippen LogP contribution in [0.3, 0.4) is 0 Å². The molecule has 0 spiro atoms. The molecule has 4 saturated carbocycles. The maximum atomic E-state index is 4.20. The molecular weight excluding hydrogens is 244 g/mol. The van der Waals surface area contributed by atoms with Gasteiger partial charge in [-0.3, -0.25) is 4.98 Å². The number of aromatic nitrogens is 1. The topological polar surface area (TPSA) is 24.9 Å². The molecule has 2 heteroatoms. The second kappa shape index (κ2) is 4.47. The summed E-state index contributed by atoms with van der Waals surface area (Å²) < 4.78 is 0. The van der Waals surface area contributed by atoms with Crippen LogP contribution < -0.4 is 5.32 Å². The fourth-order valence-electron chi connectivity index (χ4n) is 5.73. The molecule has 0 saturated heterocycles. The van der Waals surface area contributed by atoms with Gasteiger partial charge in [0, 0.05) is 24.1 Å². The summed E-state index contributed by atoms with van der Waals surface area (Å²) in [6.45, 7) is 4.58. The van der Waals surface area contributed by atoms with E-state index in [0.717, 1.165) is 17.8 Å². The average Bonchev–Trinajstić information content (AvgIpc) is 2.40. The van der Waals surface area contributed by atoms with Crippen LogP contribution in [0.4, 0.5) is 5.69 Å². The van der Waals surface area contributed by atoms with Crippen molar-refractivity contribution in [3.63, 3.8) is 0 Å². The summed E-state index contributed by atoms with van der Waals surface area (Å²) in [5.41, 5.74) is 3.12. The Morgan fingerprint density at radius 3 is 2.30 bits per heavy atom. The normalized spacial score (nSPS) is 39.8. The Kier molecular flexibility index (Phi) is 2.84. The van der Waals surface area contributed by atoms with E-state index in [9.17, 15) is 0 Å². The van der Waals surface area contributed by atoms with E-state index in [1.54, 1.807) is 0 Å². The highest BCUT2D eigenvalue weighted by Gasteiger charge is 2.53. The standard InChI is InChI=1S/C18H26N2/c1-12-11-19-4-3-17(12)20-13(2)18-8-14-5-15(9-18)7-16(6-14)10-18/h3-4,11,13-16H,5-10H2,1-2H3,(H,19,20). The van der Waals surface area contributed by atoms with E-state index in [0.29, 0.717) is 11.5 Å². The number of aryl methyl sites for hydroxylation is 1. The minimum atomic E-state index is 0.574. The third-order valence-electron chi connectivity index (χ3n) is 6.40. The van der Waals surface area contributed by atoms with Gasteiger partial charge in [0.2, 0.25) is 0 Å². The van der Waals surface area contributed by atoms with E-state index in [4.69, 9.17) is 0 Å². The summed E-state index contributed by atoms with van der Waals surface area (Å²) in [6.07, 6.45) is 12.9. The lowest BCUT2D eigenvalue weighted by molar-refractivity contribution is -0.0602. The molecule has 0 aromatic carbocycles. The van der Waals surface area contributed by atoms with E-state index in [-0.39, 0.29) is 0 Å². The molecule has 1 heterocycles. The first kappa shape index (κ1) is 12.7. The van der Waals surface area contributed by atoms with Crippen LogP contribution in [0.25, 0.3) is 0 Å². The fourth-order valence-corrected chi connectivity index (χ4v) is 5.73. The first-order valence-corrected chi connectivity index (χ1v) is 8.32. The minimum absolute atomic E-state index is 0.574. The van der Waals surface area contributed by atoms with Crippen molar-refractivity contribution in [1.29, 1.82) is 0 Å². The molecule has 4 fully saturated rings. The first-order valence-electron chi connectivity index (χ1n) is 8.32. The van der Waals surface area contributed by atoms with E-state index < -0.39 is 0 Å². The predicted molar refractivity (Wildman–Crippen MR) is 82.7 cm³/mol. The van der Waals surface area contributed by atoms with Crippen molar-refractivity contribution in [2.24, 2.45) is 23.2 Å². The fraction of sp³-hybridized carbons (Fsp3) is 0.722. The first-order chi connectivity index (χ1) is 9.64. The van der Waals surface area contributed by atoms with Crippen molar-refractivity contribution in [1.82, 2.24) is 4.98 Å². The molecule has 1 atom stereocenters. The zero-order valence-corrected chi connectivity index (χ0v) is 12.7. The Bertz CT molecular complexity index is 473. The molecule has 1 aromatic rings. The van der Waals surface area contributed by atoms with E-state index in [1.807, 2.05) is 12.4 Å². The molecule has 1 unspecified atom stereocenters. The number of hydrogen-bond donors (Lipinski definition) is 1. The number of pyridine rings is 1. The lowest BCUT2D eigenvalue weighted by Crippen LogP contribution is -2.52. The lowest BCUT2D eigenvalue weighted by atomic mass is 9.48. The van der Waals surface area contributed by atoms with Crippen molar-refractivity contribution in [3.05, 3.63) is 24.0 Å². The van der Waals surface area contributed by atoms with Crippen LogP contribution in [0, 0.1) is 30.1 Å². The molecule has 5 rings (SSSR count). The van der Waals surface area contributed by atoms with Gasteiger partial charge in [-0.25, -0.2) is 0 Å². The molecule has 108 valence electrons. The second-order valence-corrected chi connectivity index (χ2v) is 7.84. The van der Waals surface area contributed by atoms with E-state index in [2.05, 4.69) is 30.2 Å². The maximum Gasteiger partial charge on any atom is 0.0403 e. The number of nitrogens with zero attached hydrogens (tertiary/aromatic N) is 1. The van der Waals surface area contributed by atoms with Crippen molar-refractivity contribution >= 4 is 5.69 Å². The minimum Gasteiger partial charge on any atom is -0.382 e. The summed E-state index contributed by atoms with van der Waals surface area (Å²) in [6, 6.07) is 2.73. The largest absolute Gasteiger partial charge is 0.382 e. The summed E-state index contributed by atoms with van der Waals surface area (Å²) in [4.78, 5) is 4.20. The highest BCUT2D eigenvalue weighted by atomic mass is 14.9. The number of nitrogens with one attached hydrogen (secondary N) is 1. The van der Waals surface area contributed by atoms with Gasteiger partial charge in [0.05, 0.1) is 0 Å². The maximum absolute atomic E-state index is 4.20. The van der Waals surface area contributed by atoms with E-state index in [1.165, 1.54) is 49.8 Å². The Balaban J connectivity index is 1.56. The molecule has 4 aliphatic rings. The van der Waals surface area contributed by atoms with Crippen LogP contribution in [0.5, 0.6) is 0 Å². The molecule has 0 aliphatic heterocycles. The molecule has 1 N–H and O–H groups in total. The van der Waals surface area contributed by atoms with Gasteiger partial charge >= 0.3 is 0 Å². The Morgan fingerprint density at radius 1 is 1.15 bits per heavy atom.